The molecule has 2 nitrogen and oxygen atoms in total. The summed E-state index contributed by atoms with van der Waals surface area (Å²) in [7, 11) is 0. The molecule has 0 aliphatic rings. The van der Waals surface area contributed by atoms with Gasteiger partial charge in [0, 0.05) is 18.7 Å². The summed E-state index contributed by atoms with van der Waals surface area (Å²) in [6, 6.07) is 0. The molecule has 0 aliphatic heterocycles. The summed E-state index contributed by atoms with van der Waals surface area (Å²) in [5, 5.41) is 2.85. The van der Waals surface area contributed by atoms with Crippen LogP contribution in [0.2, 0.25) is 0 Å². The Hall–Kier alpha value is -0.180. The Morgan fingerprint density at radius 2 is 1.39 bits per heavy atom. The molecule has 0 radical (unpaired) electrons. The lowest BCUT2D eigenvalue weighted by molar-refractivity contribution is -0.121. The Balaban J connectivity index is 3.04. The third-order valence-corrected chi connectivity index (χ3v) is 3.41. The van der Waals surface area contributed by atoms with Crippen molar-refractivity contribution in [2.24, 2.45) is 0 Å². The van der Waals surface area contributed by atoms with Crippen molar-refractivity contribution in [3.8, 4) is 0 Å². The predicted molar refractivity (Wildman–Crippen MR) is 83.3 cm³/mol. The van der Waals surface area contributed by atoms with Gasteiger partial charge in [-0.3, -0.25) is 4.79 Å². The number of hydrogen-bond acceptors (Lipinski definition) is 2. The Morgan fingerprint density at radius 3 is 1.89 bits per heavy atom. The topological polar surface area (TPSA) is 29.1 Å². The SMILES string of the molecule is CCCCCCCCCCCCC(=O)NCCS. The van der Waals surface area contributed by atoms with Crippen LogP contribution in [0.15, 0.2) is 0 Å². The molecule has 108 valence electrons. The van der Waals surface area contributed by atoms with Gasteiger partial charge in [0.15, 0.2) is 0 Å². The molecule has 0 fully saturated rings. The molecular formula is C15H31NOS. The number of thiol groups is 1. The first-order chi connectivity index (χ1) is 8.81. The number of hydrogen-bond donors (Lipinski definition) is 2. The van der Waals surface area contributed by atoms with Gasteiger partial charge in [-0.1, -0.05) is 64.7 Å². The Morgan fingerprint density at radius 1 is 0.889 bits per heavy atom. The third-order valence-electron chi connectivity index (χ3n) is 3.19. The van der Waals surface area contributed by atoms with Gasteiger partial charge in [0.2, 0.25) is 5.91 Å². The summed E-state index contributed by atoms with van der Waals surface area (Å²) in [6.45, 7) is 2.95. The van der Waals surface area contributed by atoms with Crippen LogP contribution in [0.4, 0.5) is 0 Å². The standard InChI is InChI=1S/C15H31NOS/c1-2-3-4-5-6-7-8-9-10-11-12-15(17)16-13-14-18/h18H,2-14H2,1H3,(H,16,17). The van der Waals surface area contributed by atoms with Crippen LogP contribution in [-0.2, 0) is 4.79 Å². The van der Waals surface area contributed by atoms with Gasteiger partial charge in [0.25, 0.3) is 0 Å². The fourth-order valence-electron chi connectivity index (χ4n) is 2.06. The Kier molecular flexibility index (Phi) is 14.7. The van der Waals surface area contributed by atoms with E-state index in [1.54, 1.807) is 0 Å². The molecule has 0 unspecified atom stereocenters. The molecule has 1 N–H and O–H groups in total. The normalized spacial score (nSPS) is 10.6. The predicted octanol–water partition coefficient (Wildman–Crippen LogP) is 4.34. The molecule has 0 aliphatic carbocycles. The van der Waals surface area contributed by atoms with Gasteiger partial charge in [-0.15, -0.1) is 0 Å². The second kappa shape index (κ2) is 14.9. The van der Waals surface area contributed by atoms with E-state index in [2.05, 4.69) is 24.9 Å². The van der Waals surface area contributed by atoms with E-state index in [1.165, 1.54) is 57.8 Å². The molecule has 0 rings (SSSR count). The number of amides is 1. The van der Waals surface area contributed by atoms with Crippen molar-refractivity contribution in [2.45, 2.75) is 77.6 Å². The highest BCUT2D eigenvalue weighted by molar-refractivity contribution is 7.80. The van der Waals surface area contributed by atoms with Crippen molar-refractivity contribution in [2.75, 3.05) is 12.3 Å². The smallest absolute Gasteiger partial charge is 0.220 e. The minimum absolute atomic E-state index is 0.184. The fourth-order valence-corrected chi connectivity index (χ4v) is 2.17. The van der Waals surface area contributed by atoms with Crippen LogP contribution in [-0.4, -0.2) is 18.2 Å². The first-order valence-electron chi connectivity index (χ1n) is 7.68. The van der Waals surface area contributed by atoms with E-state index in [4.69, 9.17) is 0 Å². The summed E-state index contributed by atoms with van der Waals surface area (Å²) in [4.78, 5) is 11.3. The maximum atomic E-state index is 11.3. The summed E-state index contributed by atoms with van der Waals surface area (Å²) in [6.07, 6.45) is 13.8. The number of nitrogens with one attached hydrogen (secondary N) is 1. The maximum Gasteiger partial charge on any atom is 0.220 e. The van der Waals surface area contributed by atoms with Gasteiger partial charge in [-0.2, -0.15) is 12.6 Å². The van der Waals surface area contributed by atoms with E-state index in [0.717, 1.165) is 12.2 Å². The molecule has 0 aromatic carbocycles. The molecular weight excluding hydrogens is 242 g/mol. The van der Waals surface area contributed by atoms with Crippen molar-refractivity contribution in [1.29, 1.82) is 0 Å². The molecule has 0 aromatic rings. The number of carbonyl (C=O) groups is 1. The molecule has 18 heavy (non-hydrogen) atoms. The van der Waals surface area contributed by atoms with Crippen molar-refractivity contribution in [1.82, 2.24) is 5.32 Å². The van der Waals surface area contributed by atoms with Crippen LogP contribution >= 0.6 is 12.6 Å². The molecule has 0 atom stereocenters. The molecule has 3 heteroatoms. The molecule has 0 saturated heterocycles. The molecule has 0 saturated carbocycles. The van der Waals surface area contributed by atoms with Crippen LogP contribution in [0.5, 0.6) is 0 Å². The minimum Gasteiger partial charge on any atom is -0.355 e. The highest BCUT2D eigenvalue weighted by Crippen LogP contribution is 2.11. The van der Waals surface area contributed by atoms with Gasteiger partial charge in [0.1, 0.15) is 0 Å². The van der Waals surface area contributed by atoms with Crippen molar-refractivity contribution < 1.29 is 4.79 Å². The van der Waals surface area contributed by atoms with Gasteiger partial charge < -0.3 is 5.32 Å². The van der Waals surface area contributed by atoms with E-state index >= 15 is 0 Å². The lowest BCUT2D eigenvalue weighted by Crippen LogP contribution is -2.24. The highest BCUT2D eigenvalue weighted by atomic mass is 32.1. The Bertz CT molecular complexity index is 185. The number of unbranched alkanes of at least 4 members (excludes halogenated alkanes) is 9. The van der Waals surface area contributed by atoms with Gasteiger partial charge >= 0.3 is 0 Å². The minimum atomic E-state index is 0.184. The van der Waals surface area contributed by atoms with Crippen LogP contribution in [0.3, 0.4) is 0 Å². The highest BCUT2D eigenvalue weighted by Gasteiger charge is 1.99. The van der Waals surface area contributed by atoms with Gasteiger partial charge in [0.05, 0.1) is 0 Å². The van der Waals surface area contributed by atoms with Crippen molar-refractivity contribution in [3.63, 3.8) is 0 Å². The molecule has 0 spiro atoms. The average Bonchev–Trinajstić information content (AvgIpc) is 2.38. The molecule has 0 heterocycles. The first kappa shape index (κ1) is 17.8. The summed E-state index contributed by atoms with van der Waals surface area (Å²) in [5.41, 5.74) is 0. The third kappa shape index (κ3) is 13.9. The first-order valence-corrected chi connectivity index (χ1v) is 8.32. The van der Waals surface area contributed by atoms with Crippen LogP contribution in [0.25, 0.3) is 0 Å². The van der Waals surface area contributed by atoms with E-state index in [-0.39, 0.29) is 5.91 Å². The second-order valence-corrected chi connectivity index (χ2v) is 5.45. The largest absolute Gasteiger partial charge is 0.355 e. The second-order valence-electron chi connectivity index (χ2n) is 5.01. The maximum absolute atomic E-state index is 11.3. The number of carbonyl (C=O) groups excluding carboxylic acids is 1. The Labute approximate surface area is 119 Å². The summed E-state index contributed by atoms with van der Waals surface area (Å²) < 4.78 is 0. The van der Waals surface area contributed by atoms with Gasteiger partial charge in [-0.25, -0.2) is 0 Å². The average molecular weight is 273 g/mol. The monoisotopic (exact) mass is 273 g/mol. The zero-order valence-corrected chi connectivity index (χ0v) is 12.9. The van der Waals surface area contributed by atoms with Crippen molar-refractivity contribution >= 4 is 18.5 Å². The van der Waals surface area contributed by atoms with Crippen LogP contribution in [0, 0.1) is 0 Å². The van der Waals surface area contributed by atoms with Crippen LogP contribution in [0.1, 0.15) is 77.6 Å². The summed E-state index contributed by atoms with van der Waals surface area (Å²) >= 11 is 4.06. The number of rotatable bonds is 13. The fraction of sp³-hybridized carbons (Fsp3) is 0.933. The van der Waals surface area contributed by atoms with E-state index in [1.807, 2.05) is 0 Å². The molecule has 0 bridgehead atoms. The van der Waals surface area contributed by atoms with Crippen LogP contribution < -0.4 is 5.32 Å². The van der Waals surface area contributed by atoms with E-state index < -0.39 is 0 Å². The quantitative estimate of drug-likeness (QED) is 0.379. The molecule has 1 amide bonds. The molecule has 0 aromatic heterocycles. The lowest BCUT2D eigenvalue weighted by atomic mass is 10.1. The zero-order chi connectivity index (χ0) is 13.5. The van der Waals surface area contributed by atoms with Crippen molar-refractivity contribution in [3.05, 3.63) is 0 Å². The van der Waals surface area contributed by atoms with Gasteiger partial charge in [-0.05, 0) is 6.42 Å². The van der Waals surface area contributed by atoms with E-state index in [0.29, 0.717) is 13.0 Å². The van der Waals surface area contributed by atoms with E-state index in [9.17, 15) is 4.79 Å². The lowest BCUT2D eigenvalue weighted by Gasteiger charge is -2.03. The zero-order valence-electron chi connectivity index (χ0n) is 12.0. The summed E-state index contributed by atoms with van der Waals surface area (Å²) in [5.74, 6) is 0.910.